The molecule has 7 nitrogen and oxygen atoms in total. The number of morpholine rings is 1. The average molecular weight is 369 g/mol. The van der Waals surface area contributed by atoms with Crippen LogP contribution in [0.4, 0.5) is 11.4 Å². The number of non-ortho nitro benzene ring substituents is 1. The molecule has 1 aliphatic rings. The van der Waals surface area contributed by atoms with Crippen LogP contribution in [0.25, 0.3) is 0 Å². The molecule has 142 valence electrons. The van der Waals surface area contributed by atoms with Gasteiger partial charge in [0.2, 0.25) is 0 Å². The number of anilines is 1. The third-order valence-corrected chi connectivity index (χ3v) is 4.72. The smallest absolute Gasteiger partial charge is 0.270 e. The van der Waals surface area contributed by atoms with Crippen LogP contribution in [0.5, 0.6) is 0 Å². The Balaban J connectivity index is 1.78. The van der Waals surface area contributed by atoms with E-state index in [1.165, 1.54) is 12.1 Å². The fourth-order valence-corrected chi connectivity index (χ4v) is 3.14. The van der Waals surface area contributed by atoms with E-state index in [2.05, 4.69) is 5.32 Å². The number of hydrogen-bond acceptors (Lipinski definition) is 5. The molecule has 1 fully saturated rings. The van der Waals surface area contributed by atoms with Crippen molar-refractivity contribution in [1.82, 2.24) is 5.32 Å². The van der Waals surface area contributed by atoms with Gasteiger partial charge in [-0.3, -0.25) is 14.9 Å². The Bertz CT molecular complexity index is 804. The molecule has 1 amide bonds. The van der Waals surface area contributed by atoms with Gasteiger partial charge in [0.25, 0.3) is 11.6 Å². The minimum Gasteiger partial charge on any atom is -0.378 e. The van der Waals surface area contributed by atoms with Crippen LogP contribution in [0.2, 0.25) is 0 Å². The highest BCUT2D eigenvalue weighted by Crippen LogP contribution is 2.26. The Hall–Kier alpha value is -2.93. The van der Waals surface area contributed by atoms with Crippen molar-refractivity contribution in [3.8, 4) is 0 Å². The Morgan fingerprint density at radius 1 is 1.22 bits per heavy atom. The van der Waals surface area contributed by atoms with Gasteiger partial charge < -0.3 is 15.0 Å². The van der Waals surface area contributed by atoms with Gasteiger partial charge in [0.05, 0.1) is 29.4 Å². The third-order valence-electron chi connectivity index (χ3n) is 4.72. The number of nitrogens with zero attached hydrogens (tertiary/aromatic N) is 2. The summed E-state index contributed by atoms with van der Waals surface area (Å²) in [5, 5.41) is 14.1. The predicted molar refractivity (Wildman–Crippen MR) is 103 cm³/mol. The molecule has 27 heavy (non-hydrogen) atoms. The minimum absolute atomic E-state index is 0.0896. The van der Waals surface area contributed by atoms with Gasteiger partial charge in [-0.05, 0) is 17.5 Å². The van der Waals surface area contributed by atoms with E-state index >= 15 is 0 Å². The SMILES string of the molecule is CC(CNC(=O)c1cc([N+](=O)[O-])ccc1N1CCOCC1)c1ccccc1. The molecule has 2 aromatic rings. The predicted octanol–water partition coefficient (Wildman–Crippen LogP) is 2.96. The van der Waals surface area contributed by atoms with Crippen LogP contribution in [0, 0.1) is 10.1 Å². The summed E-state index contributed by atoms with van der Waals surface area (Å²) in [6.07, 6.45) is 0. The highest BCUT2D eigenvalue weighted by atomic mass is 16.6. The first-order chi connectivity index (χ1) is 13.1. The van der Waals surface area contributed by atoms with Gasteiger partial charge in [0.15, 0.2) is 0 Å². The summed E-state index contributed by atoms with van der Waals surface area (Å²) < 4.78 is 5.36. The molecule has 2 aromatic carbocycles. The monoisotopic (exact) mass is 369 g/mol. The Kier molecular flexibility index (Phi) is 6.03. The molecule has 1 aliphatic heterocycles. The van der Waals surface area contributed by atoms with Gasteiger partial charge in [0.1, 0.15) is 0 Å². The van der Waals surface area contributed by atoms with E-state index in [0.29, 0.717) is 44.1 Å². The molecule has 0 aromatic heterocycles. The first kappa shape index (κ1) is 18.8. The topological polar surface area (TPSA) is 84.7 Å². The zero-order chi connectivity index (χ0) is 19.2. The van der Waals surface area contributed by atoms with Crippen LogP contribution in [-0.4, -0.2) is 43.7 Å². The summed E-state index contributed by atoms with van der Waals surface area (Å²) in [5.41, 5.74) is 2.07. The second-order valence-corrected chi connectivity index (χ2v) is 6.58. The van der Waals surface area contributed by atoms with Gasteiger partial charge in [-0.25, -0.2) is 0 Å². The number of carbonyl (C=O) groups is 1. The maximum atomic E-state index is 12.8. The van der Waals surface area contributed by atoms with Gasteiger partial charge in [0, 0.05) is 31.8 Å². The molecule has 3 rings (SSSR count). The van der Waals surface area contributed by atoms with Crippen LogP contribution in [0.3, 0.4) is 0 Å². The molecule has 0 saturated carbocycles. The Morgan fingerprint density at radius 3 is 2.59 bits per heavy atom. The van der Waals surface area contributed by atoms with Crippen LogP contribution in [-0.2, 0) is 4.74 Å². The number of amides is 1. The maximum Gasteiger partial charge on any atom is 0.270 e. The van der Waals surface area contributed by atoms with Crippen molar-refractivity contribution in [2.75, 3.05) is 37.7 Å². The van der Waals surface area contributed by atoms with Gasteiger partial charge in [-0.15, -0.1) is 0 Å². The summed E-state index contributed by atoms with van der Waals surface area (Å²) >= 11 is 0. The maximum absolute atomic E-state index is 12.8. The molecule has 0 bridgehead atoms. The van der Waals surface area contributed by atoms with Crippen molar-refractivity contribution < 1.29 is 14.5 Å². The Labute approximate surface area is 158 Å². The molecular formula is C20H23N3O4. The largest absolute Gasteiger partial charge is 0.378 e. The fourth-order valence-electron chi connectivity index (χ4n) is 3.14. The first-order valence-electron chi connectivity index (χ1n) is 9.00. The minimum atomic E-state index is -0.480. The lowest BCUT2D eigenvalue weighted by Crippen LogP contribution is -2.38. The van der Waals surface area contributed by atoms with E-state index in [4.69, 9.17) is 4.74 Å². The highest BCUT2D eigenvalue weighted by Gasteiger charge is 2.22. The lowest BCUT2D eigenvalue weighted by atomic mass is 10.0. The van der Waals surface area contributed by atoms with E-state index in [-0.39, 0.29) is 17.5 Å². The van der Waals surface area contributed by atoms with E-state index in [9.17, 15) is 14.9 Å². The van der Waals surface area contributed by atoms with E-state index in [0.717, 1.165) is 5.56 Å². The molecule has 1 unspecified atom stereocenters. The number of benzene rings is 2. The number of nitro benzene ring substituents is 1. The molecular weight excluding hydrogens is 346 g/mol. The number of ether oxygens (including phenoxy) is 1. The van der Waals surface area contributed by atoms with E-state index in [1.807, 2.05) is 42.2 Å². The number of nitrogens with one attached hydrogen (secondary N) is 1. The summed E-state index contributed by atoms with van der Waals surface area (Å²) in [5.74, 6) is -0.163. The summed E-state index contributed by atoms with van der Waals surface area (Å²) in [6.45, 7) is 4.93. The molecule has 1 atom stereocenters. The number of rotatable bonds is 6. The quantitative estimate of drug-likeness (QED) is 0.625. The number of hydrogen-bond donors (Lipinski definition) is 1. The molecule has 0 aliphatic carbocycles. The molecule has 1 N–H and O–H groups in total. The van der Waals surface area contributed by atoms with Crippen molar-refractivity contribution in [2.45, 2.75) is 12.8 Å². The van der Waals surface area contributed by atoms with Gasteiger partial charge in [-0.2, -0.15) is 0 Å². The van der Waals surface area contributed by atoms with E-state index in [1.54, 1.807) is 6.07 Å². The number of carbonyl (C=O) groups excluding carboxylic acids is 1. The first-order valence-corrected chi connectivity index (χ1v) is 9.00. The highest BCUT2D eigenvalue weighted by molar-refractivity contribution is 6.00. The van der Waals surface area contributed by atoms with Crippen molar-refractivity contribution in [1.29, 1.82) is 0 Å². The molecule has 1 saturated heterocycles. The second-order valence-electron chi connectivity index (χ2n) is 6.58. The van der Waals surface area contributed by atoms with Gasteiger partial charge in [-0.1, -0.05) is 37.3 Å². The normalized spacial score (nSPS) is 15.2. The fraction of sp³-hybridized carbons (Fsp3) is 0.350. The van der Waals surface area contributed by atoms with Crippen LogP contribution >= 0.6 is 0 Å². The van der Waals surface area contributed by atoms with Crippen LogP contribution < -0.4 is 10.2 Å². The lowest BCUT2D eigenvalue weighted by molar-refractivity contribution is -0.384. The van der Waals surface area contributed by atoms with Crippen molar-refractivity contribution in [2.24, 2.45) is 0 Å². The lowest BCUT2D eigenvalue weighted by Gasteiger charge is -2.30. The molecule has 1 heterocycles. The number of nitro groups is 1. The van der Waals surface area contributed by atoms with Crippen molar-refractivity contribution >= 4 is 17.3 Å². The van der Waals surface area contributed by atoms with E-state index < -0.39 is 4.92 Å². The van der Waals surface area contributed by atoms with Crippen LogP contribution in [0.1, 0.15) is 28.8 Å². The Morgan fingerprint density at radius 2 is 1.93 bits per heavy atom. The molecule has 0 spiro atoms. The summed E-state index contributed by atoms with van der Waals surface area (Å²) in [4.78, 5) is 25.5. The standard InChI is InChI=1S/C20H23N3O4/c1-15(16-5-3-2-4-6-16)14-21-20(24)18-13-17(23(25)26)7-8-19(18)22-9-11-27-12-10-22/h2-8,13,15H,9-12,14H2,1H3,(H,21,24). The summed E-state index contributed by atoms with van der Waals surface area (Å²) in [7, 11) is 0. The third kappa shape index (κ3) is 4.62. The molecule has 7 heteroatoms. The van der Waals surface area contributed by atoms with Crippen molar-refractivity contribution in [3.05, 3.63) is 69.8 Å². The van der Waals surface area contributed by atoms with Crippen molar-refractivity contribution in [3.63, 3.8) is 0 Å². The zero-order valence-corrected chi connectivity index (χ0v) is 15.3. The zero-order valence-electron chi connectivity index (χ0n) is 15.3. The summed E-state index contributed by atoms with van der Waals surface area (Å²) in [6, 6.07) is 14.4. The van der Waals surface area contributed by atoms with Crippen LogP contribution in [0.15, 0.2) is 48.5 Å². The second kappa shape index (κ2) is 8.64. The van der Waals surface area contributed by atoms with Gasteiger partial charge >= 0.3 is 0 Å². The molecule has 0 radical (unpaired) electrons. The average Bonchev–Trinajstić information content (AvgIpc) is 2.72.